The Bertz CT molecular complexity index is 748. The van der Waals surface area contributed by atoms with Crippen molar-refractivity contribution in [1.82, 2.24) is 9.78 Å². The van der Waals surface area contributed by atoms with Crippen LogP contribution in [0.1, 0.15) is 45.8 Å². The van der Waals surface area contributed by atoms with E-state index in [-0.39, 0.29) is 11.5 Å². The lowest BCUT2D eigenvalue weighted by Gasteiger charge is -2.09. The third-order valence-corrected chi connectivity index (χ3v) is 3.61. The zero-order valence-electron chi connectivity index (χ0n) is 13.8. The second-order valence-corrected chi connectivity index (χ2v) is 6.01. The molecule has 1 aromatic heterocycles. The van der Waals surface area contributed by atoms with Gasteiger partial charge in [0.15, 0.2) is 0 Å². The van der Waals surface area contributed by atoms with Crippen molar-refractivity contribution in [3.05, 3.63) is 46.8 Å². The quantitative estimate of drug-likeness (QED) is 0.888. The summed E-state index contributed by atoms with van der Waals surface area (Å²) in [5.41, 5.74) is 2.56. The molecule has 0 atom stereocenters. The van der Waals surface area contributed by atoms with Crippen molar-refractivity contribution in [3.63, 3.8) is 0 Å². The number of hydrogen-bond acceptors (Lipinski definition) is 3. The van der Waals surface area contributed by atoms with Gasteiger partial charge in [-0.3, -0.25) is 9.48 Å². The second kappa shape index (κ2) is 6.64. The predicted octanol–water partition coefficient (Wildman–Crippen LogP) is 3.11. The summed E-state index contributed by atoms with van der Waals surface area (Å²) in [6, 6.07) is 4.82. The van der Waals surface area contributed by atoms with Gasteiger partial charge in [-0.1, -0.05) is 19.9 Å². The standard InChI is InChI=1S/C17H21N3O3/c1-10(2)9-20-12(4)15(8-18-20)16(21)19-13-6-5-11(3)14(7-13)17(22)23/h5-8,10H,9H2,1-4H3,(H,19,21)(H,22,23). The number of nitrogens with zero attached hydrogens (tertiary/aromatic N) is 2. The first kappa shape index (κ1) is 16.7. The zero-order valence-corrected chi connectivity index (χ0v) is 13.8. The van der Waals surface area contributed by atoms with E-state index in [0.29, 0.717) is 22.7 Å². The number of rotatable bonds is 5. The predicted molar refractivity (Wildman–Crippen MR) is 87.9 cm³/mol. The molecule has 0 fully saturated rings. The molecule has 0 aliphatic carbocycles. The fourth-order valence-corrected chi connectivity index (χ4v) is 2.33. The summed E-state index contributed by atoms with van der Waals surface area (Å²) >= 11 is 0. The SMILES string of the molecule is Cc1ccc(NC(=O)c2cnn(CC(C)C)c2C)cc1C(=O)O. The summed E-state index contributed by atoms with van der Waals surface area (Å²) in [5, 5.41) is 16.1. The molecule has 1 amide bonds. The highest BCUT2D eigenvalue weighted by molar-refractivity contribution is 6.05. The maximum absolute atomic E-state index is 12.4. The fraction of sp³-hybridized carbons (Fsp3) is 0.353. The second-order valence-electron chi connectivity index (χ2n) is 6.01. The minimum absolute atomic E-state index is 0.176. The van der Waals surface area contributed by atoms with Crippen LogP contribution in [-0.4, -0.2) is 26.8 Å². The summed E-state index contributed by atoms with van der Waals surface area (Å²) in [6.45, 7) is 8.48. The monoisotopic (exact) mass is 315 g/mol. The molecule has 0 radical (unpaired) electrons. The number of carbonyl (C=O) groups is 2. The number of carbonyl (C=O) groups excluding carboxylic acids is 1. The van der Waals surface area contributed by atoms with Crippen LogP contribution in [0.4, 0.5) is 5.69 Å². The number of anilines is 1. The van der Waals surface area contributed by atoms with E-state index >= 15 is 0 Å². The van der Waals surface area contributed by atoms with Gasteiger partial charge in [-0.05, 0) is 37.5 Å². The van der Waals surface area contributed by atoms with Crippen molar-refractivity contribution < 1.29 is 14.7 Å². The number of carboxylic acid groups (broad SMARTS) is 1. The van der Waals surface area contributed by atoms with Gasteiger partial charge < -0.3 is 10.4 Å². The molecule has 1 heterocycles. The number of aromatic nitrogens is 2. The van der Waals surface area contributed by atoms with Gasteiger partial charge in [0.05, 0.1) is 17.3 Å². The first-order chi connectivity index (χ1) is 10.8. The van der Waals surface area contributed by atoms with Gasteiger partial charge in [0.25, 0.3) is 5.91 Å². The molecule has 2 rings (SSSR count). The lowest BCUT2D eigenvalue weighted by Crippen LogP contribution is -2.15. The molecule has 0 aliphatic heterocycles. The Labute approximate surface area is 135 Å². The van der Waals surface area contributed by atoms with Crippen LogP contribution in [0.3, 0.4) is 0 Å². The van der Waals surface area contributed by atoms with E-state index in [1.807, 2.05) is 6.92 Å². The van der Waals surface area contributed by atoms with Gasteiger partial charge in [0, 0.05) is 17.9 Å². The van der Waals surface area contributed by atoms with Crippen molar-refractivity contribution in [3.8, 4) is 0 Å². The van der Waals surface area contributed by atoms with E-state index in [1.165, 1.54) is 6.07 Å². The van der Waals surface area contributed by atoms with E-state index in [0.717, 1.165) is 12.2 Å². The van der Waals surface area contributed by atoms with Crippen LogP contribution >= 0.6 is 0 Å². The first-order valence-electron chi connectivity index (χ1n) is 7.47. The third kappa shape index (κ3) is 3.77. The lowest BCUT2D eigenvalue weighted by atomic mass is 10.1. The van der Waals surface area contributed by atoms with E-state index in [2.05, 4.69) is 24.3 Å². The lowest BCUT2D eigenvalue weighted by molar-refractivity contribution is 0.0695. The van der Waals surface area contributed by atoms with E-state index in [1.54, 1.807) is 29.9 Å². The Hall–Kier alpha value is -2.63. The van der Waals surface area contributed by atoms with Crippen LogP contribution in [0, 0.1) is 19.8 Å². The molecule has 0 unspecified atom stereocenters. The highest BCUT2D eigenvalue weighted by Gasteiger charge is 2.16. The van der Waals surface area contributed by atoms with Gasteiger partial charge in [-0.2, -0.15) is 5.10 Å². The summed E-state index contributed by atoms with van der Waals surface area (Å²) in [5.74, 6) is -0.878. The number of aromatic carboxylic acids is 1. The summed E-state index contributed by atoms with van der Waals surface area (Å²) < 4.78 is 1.80. The molecular formula is C17H21N3O3. The molecule has 122 valence electrons. The Morgan fingerprint density at radius 2 is 1.96 bits per heavy atom. The molecule has 2 N–H and O–H groups in total. The number of benzene rings is 1. The Balaban J connectivity index is 2.21. The molecule has 0 spiro atoms. The van der Waals surface area contributed by atoms with E-state index in [9.17, 15) is 9.59 Å². The van der Waals surface area contributed by atoms with Crippen molar-refractivity contribution in [2.24, 2.45) is 5.92 Å². The topological polar surface area (TPSA) is 84.2 Å². The van der Waals surface area contributed by atoms with Gasteiger partial charge in [0.2, 0.25) is 0 Å². The molecule has 6 heteroatoms. The molecular weight excluding hydrogens is 294 g/mol. The number of nitrogens with one attached hydrogen (secondary N) is 1. The molecule has 2 aromatic rings. The number of hydrogen-bond donors (Lipinski definition) is 2. The molecule has 23 heavy (non-hydrogen) atoms. The maximum Gasteiger partial charge on any atom is 0.336 e. The highest BCUT2D eigenvalue weighted by atomic mass is 16.4. The first-order valence-corrected chi connectivity index (χ1v) is 7.47. The van der Waals surface area contributed by atoms with Crippen LogP contribution in [0.25, 0.3) is 0 Å². The average Bonchev–Trinajstić information content (AvgIpc) is 2.81. The van der Waals surface area contributed by atoms with Crippen molar-refractivity contribution in [1.29, 1.82) is 0 Å². The summed E-state index contributed by atoms with van der Waals surface area (Å²) in [4.78, 5) is 23.6. The molecule has 0 saturated heterocycles. The molecule has 0 aliphatic rings. The Morgan fingerprint density at radius 1 is 1.26 bits per heavy atom. The fourth-order valence-electron chi connectivity index (χ4n) is 2.33. The molecule has 0 saturated carbocycles. The van der Waals surface area contributed by atoms with Gasteiger partial charge >= 0.3 is 5.97 Å². The normalized spacial score (nSPS) is 10.8. The summed E-state index contributed by atoms with van der Waals surface area (Å²) in [6.07, 6.45) is 1.54. The van der Waals surface area contributed by atoms with Crippen LogP contribution in [0.5, 0.6) is 0 Å². The Kier molecular flexibility index (Phi) is 4.83. The van der Waals surface area contributed by atoms with Crippen LogP contribution in [-0.2, 0) is 6.54 Å². The Morgan fingerprint density at radius 3 is 2.57 bits per heavy atom. The zero-order chi connectivity index (χ0) is 17.1. The summed E-state index contributed by atoms with van der Waals surface area (Å²) in [7, 11) is 0. The number of carboxylic acids is 1. The molecule has 1 aromatic carbocycles. The van der Waals surface area contributed by atoms with E-state index < -0.39 is 5.97 Å². The van der Waals surface area contributed by atoms with Crippen molar-refractivity contribution >= 4 is 17.6 Å². The maximum atomic E-state index is 12.4. The van der Waals surface area contributed by atoms with Crippen LogP contribution < -0.4 is 5.32 Å². The largest absolute Gasteiger partial charge is 0.478 e. The third-order valence-electron chi connectivity index (χ3n) is 3.61. The van der Waals surface area contributed by atoms with Crippen molar-refractivity contribution in [2.75, 3.05) is 5.32 Å². The van der Waals surface area contributed by atoms with E-state index in [4.69, 9.17) is 5.11 Å². The van der Waals surface area contributed by atoms with Gasteiger partial charge in [0.1, 0.15) is 0 Å². The highest BCUT2D eigenvalue weighted by Crippen LogP contribution is 2.17. The van der Waals surface area contributed by atoms with Crippen LogP contribution in [0.2, 0.25) is 0 Å². The number of aryl methyl sites for hydroxylation is 1. The minimum atomic E-state index is -1.01. The number of amides is 1. The van der Waals surface area contributed by atoms with Crippen LogP contribution in [0.15, 0.2) is 24.4 Å². The molecule has 6 nitrogen and oxygen atoms in total. The smallest absolute Gasteiger partial charge is 0.336 e. The minimum Gasteiger partial charge on any atom is -0.478 e. The van der Waals surface area contributed by atoms with Gasteiger partial charge in [-0.25, -0.2) is 4.79 Å². The van der Waals surface area contributed by atoms with Crippen molar-refractivity contribution in [2.45, 2.75) is 34.2 Å². The molecule has 0 bridgehead atoms. The average molecular weight is 315 g/mol. The van der Waals surface area contributed by atoms with Gasteiger partial charge in [-0.15, -0.1) is 0 Å².